The SMILES string of the molecule is CCOc1cc(C2C(C(N)=O)=C(C)Nc3nnnn32)ccc1OCc1ccc(C)cc1. The van der Waals surface area contributed by atoms with E-state index in [1.165, 1.54) is 10.2 Å². The maximum Gasteiger partial charge on any atom is 0.248 e. The van der Waals surface area contributed by atoms with Gasteiger partial charge in [-0.25, -0.2) is 0 Å². The highest BCUT2D eigenvalue weighted by atomic mass is 16.5. The number of nitrogens with one attached hydrogen (secondary N) is 1. The molecule has 9 nitrogen and oxygen atoms in total. The number of nitrogens with zero attached hydrogens (tertiary/aromatic N) is 4. The number of fused-ring (bicyclic) bond motifs is 1. The second-order valence-corrected chi connectivity index (χ2v) is 7.29. The minimum absolute atomic E-state index is 0.385. The lowest BCUT2D eigenvalue weighted by Gasteiger charge is -2.27. The van der Waals surface area contributed by atoms with E-state index in [0.29, 0.717) is 41.9 Å². The summed E-state index contributed by atoms with van der Waals surface area (Å²) < 4.78 is 13.4. The Hall–Kier alpha value is -3.88. The number of allylic oxidation sites excluding steroid dienone is 1. The molecule has 0 saturated heterocycles. The van der Waals surface area contributed by atoms with Crippen LogP contribution in [0.5, 0.6) is 11.5 Å². The number of carbonyl (C=O) groups is 1. The molecule has 3 N–H and O–H groups in total. The molecule has 0 fully saturated rings. The predicted octanol–water partition coefficient (Wildman–Crippen LogP) is 2.73. The fourth-order valence-electron chi connectivity index (χ4n) is 3.57. The predicted molar refractivity (Wildman–Crippen MR) is 115 cm³/mol. The molecule has 1 aliphatic rings. The Morgan fingerprint density at radius 3 is 2.61 bits per heavy atom. The molecule has 2 heterocycles. The minimum Gasteiger partial charge on any atom is -0.490 e. The summed E-state index contributed by atoms with van der Waals surface area (Å²) in [5.41, 5.74) is 9.69. The number of benzene rings is 2. The van der Waals surface area contributed by atoms with Crippen molar-refractivity contribution >= 4 is 11.9 Å². The second kappa shape index (κ2) is 8.47. The van der Waals surface area contributed by atoms with Crippen molar-refractivity contribution in [3.05, 3.63) is 70.4 Å². The van der Waals surface area contributed by atoms with Crippen molar-refractivity contribution in [2.45, 2.75) is 33.4 Å². The smallest absolute Gasteiger partial charge is 0.248 e. The van der Waals surface area contributed by atoms with E-state index in [0.717, 1.165) is 11.1 Å². The van der Waals surface area contributed by atoms with Gasteiger partial charge in [0.1, 0.15) is 12.6 Å². The van der Waals surface area contributed by atoms with Crippen LogP contribution in [-0.2, 0) is 11.4 Å². The fraction of sp³-hybridized carbons (Fsp3) is 0.273. The highest BCUT2D eigenvalue weighted by Gasteiger charge is 2.33. The first-order valence-electron chi connectivity index (χ1n) is 9.98. The second-order valence-electron chi connectivity index (χ2n) is 7.29. The van der Waals surface area contributed by atoms with Crippen LogP contribution in [0.3, 0.4) is 0 Å². The van der Waals surface area contributed by atoms with E-state index in [-0.39, 0.29) is 0 Å². The Morgan fingerprint density at radius 1 is 1.13 bits per heavy atom. The molecule has 3 aromatic rings. The molecule has 160 valence electrons. The molecule has 1 atom stereocenters. The summed E-state index contributed by atoms with van der Waals surface area (Å²) in [6.45, 7) is 6.59. The van der Waals surface area contributed by atoms with Gasteiger partial charge in [-0.05, 0) is 54.5 Å². The standard InChI is InChI=1S/C22H24N6O3/c1-4-30-18-11-16(9-10-17(18)31-12-15-7-5-13(2)6-8-15)20-19(21(23)29)14(3)24-22-25-26-27-28(20)22/h5-11,20H,4,12H2,1-3H3,(H2,23,29)(H,24,25,27). The summed E-state index contributed by atoms with van der Waals surface area (Å²) in [4.78, 5) is 12.2. The lowest BCUT2D eigenvalue weighted by Crippen LogP contribution is -2.31. The molecule has 0 radical (unpaired) electrons. The van der Waals surface area contributed by atoms with E-state index in [9.17, 15) is 4.79 Å². The zero-order valence-electron chi connectivity index (χ0n) is 17.6. The van der Waals surface area contributed by atoms with Gasteiger partial charge in [0.15, 0.2) is 11.5 Å². The first kappa shape index (κ1) is 20.4. The first-order valence-corrected chi connectivity index (χ1v) is 9.98. The Balaban J connectivity index is 1.68. The Kier molecular flexibility index (Phi) is 5.57. The van der Waals surface area contributed by atoms with Gasteiger partial charge in [0.05, 0.1) is 12.2 Å². The summed E-state index contributed by atoms with van der Waals surface area (Å²) >= 11 is 0. The number of anilines is 1. The molecular formula is C22H24N6O3. The monoisotopic (exact) mass is 420 g/mol. The van der Waals surface area contributed by atoms with Gasteiger partial charge < -0.3 is 20.5 Å². The number of ether oxygens (including phenoxy) is 2. The molecule has 9 heteroatoms. The van der Waals surface area contributed by atoms with E-state index >= 15 is 0 Å². The molecule has 0 spiro atoms. The maximum atomic E-state index is 12.2. The van der Waals surface area contributed by atoms with Crippen LogP contribution in [-0.4, -0.2) is 32.7 Å². The summed E-state index contributed by atoms with van der Waals surface area (Å²) in [6.07, 6.45) is 0. The number of hydrogen-bond donors (Lipinski definition) is 2. The largest absolute Gasteiger partial charge is 0.490 e. The first-order chi connectivity index (χ1) is 15.0. The Morgan fingerprint density at radius 2 is 1.90 bits per heavy atom. The Labute approximate surface area is 179 Å². The van der Waals surface area contributed by atoms with Crippen molar-refractivity contribution < 1.29 is 14.3 Å². The van der Waals surface area contributed by atoms with Crippen LogP contribution in [0, 0.1) is 6.92 Å². The van der Waals surface area contributed by atoms with Crippen molar-refractivity contribution in [3.63, 3.8) is 0 Å². The highest BCUT2D eigenvalue weighted by Crippen LogP contribution is 2.38. The maximum absolute atomic E-state index is 12.2. The molecule has 2 aromatic carbocycles. The van der Waals surface area contributed by atoms with Gasteiger partial charge in [-0.15, -0.1) is 0 Å². The van der Waals surface area contributed by atoms with Gasteiger partial charge in [-0.1, -0.05) is 41.0 Å². The number of aryl methyl sites for hydroxylation is 1. The fourth-order valence-corrected chi connectivity index (χ4v) is 3.57. The van der Waals surface area contributed by atoms with Crippen molar-refractivity contribution in [1.29, 1.82) is 0 Å². The zero-order valence-corrected chi connectivity index (χ0v) is 17.6. The quantitative estimate of drug-likeness (QED) is 0.603. The van der Waals surface area contributed by atoms with Crippen molar-refractivity contribution in [2.24, 2.45) is 5.73 Å². The normalized spacial score (nSPS) is 15.3. The van der Waals surface area contributed by atoms with Gasteiger partial charge in [0.25, 0.3) is 0 Å². The van der Waals surface area contributed by atoms with Crippen LogP contribution in [0.15, 0.2) is 53.7 Å². The van der Waals surface area contributed by atoms with Crippen LogP contribution in [0.25, 0.3) is 0 Å². The van der Waals surface area contributed by atoms with E-state index in [1.54, 1.807) is 6.92 Å². The molecule has 1 aromatic heterocycles. The molecule has 0 aliphatic carbocycles. The van der Waals surface area contributed by atoms with Crippen LogP contribution in [0.1, 0.15) is 36.6 Å². The summed E-state index contributed by atoms with van der Waals surface area (Å²) in [6, 6.07) is 13.1. The highest BCUT2D eigenvalue weighted by molar-refractivity contribution is 5.95. The van der Waals surface area contributed by atoms with Gasteiger partial charge in [0, 0.05) is 5.70 Å². The number of nitrogens with two attached hydrogens (primary N) is 1. The molecule has 1 unspecified atom stereocenters. The zero-order chi connectivity index (χ0) is 22.0. The van der Waals surface area contributed by atoms with E-state index in [2.05, 4.69) is 20.8 Å². The lowest BCUT2D eigenvalue weighted by molar-refractivity contribution is -0.115. The van der Waals surface area contributed by atoms with E-state index in [1.807, 2.05) is 56.3 Å². The third-order valence-corrected chi connectivity index (χ3v) is 5.08. The molecule has 31 heavy (non-hydrogen) atoms. The van der Waals surface area contributed by atoms with E-state index < -0.39 is 11.9 Å². The van der Waals surface area contributed by atoms with Gasteiger partial charge in [0.2, 0.25) is 11.9 Å². The molecule has 0 bridgehead atoms. The molecule has 4 rings (SSSR count). The molecule has 1 aliphatic heterocycles. The third-order valence-electron chi connectivity index (χ3n) is 5.08. The van der Waals surface area contributed by atoms with Gasteiger partial charge in [-0.3, -0.25) is 4.79 Å². The van der Waals surface area contributed by atoms with Gasteiger partial charge >= 0.3 is 0 Å². The van der Waals surface area contributed by atoms with Crippen LogP contribution in [0.2, 0.25) is 0 Å². The third kappa shape index (κ3) is 4.07. The summed E-state index contributed by atoms with van der Waals surface area (Å²) in [5.74, 6) is 1.07. The number of carbonyl (C=O) groups excluding carboxylic acids is 1. The van der Waals surface area contributed by atoms with Crippen molar-refractivity contribution in [1.82, 2.24) is 20.2 Å². The number of primary amides is 1. The number of rotatable bonds is 7. The topological polar surface area (TPSA) is 117 Å². The van der Waals surface area contributed by atoms with E-state index in [4.69, 9.17) is 15.2 Å². The number of amides is 1. The molecule has 0 saturated carbocycles. The summed E-state index contributed by atoms with van der Waals surface area (Å²) in [5, 5.41) is 14.7. The van der Waals surface area contributed by atoms with Crippen molar-refractivity contribution in [2.75, 3.05) is 11.9 Å². The number of aromatic nitrogens is 4. The average Bonchev–Trinajstić information content (AvgIpc) is 3.21. The Bertz CT molecular complexity index is 1140. The minimum atomic E-state index is -0.575. The van der Waals surface area contributed by atoms with Crippen LogP contribution in [0.4, 0.5) is 5.95 Å². The summed E-state index contributed by atoms with van der Waals surface area (Å²) in [7, 11) is 0. The molecule has 1 amide bonds. The van der Waals surface area contributed by atoms with Crippen LogP contribution < -0.4 is 20.5 Å². The molecular weight excluding hydrogens is 396 g/mol. The van der Waals surface area contributed by atoms with Crippen LogP contribution >= 0.6 is 0 Å². The average molecular weight is 420 g/mol. The van der Waals surface area contributed by atoms with Gasteiger partial charge in [-0.2, -0.15) is 4.68 Å². The lowest BCUT2D eigenvalue weighted by atomic mass is 9.95. The number of tetrazole rings is 1. The number of hydrogen-bond acceptors (Lipinski definition) is 7. The van der Waals surface area contributed by atoms with Crippen molar-refractivity contribution in [3.8, 4) is 11.5 Å².